The summed E-state index contributed by atoms with van der Waals surface area (Å²) in [5.41, 5.74) is 0. The Bertz CT molecular complexity index is 267. The van der Waals surface area contributed by atoms with Gasteiger partial charge in [0.15, 0.2) is 0 Å². The van der Waals surface area contributed by atoms with Crippen LogP contribution in [0.15, 0.2) is 0 Å². The fraction of sp³-hybridized carbons (Fsp3) is 0.818. The van der Waals surface area contributed by atoms with Crippen molar-refractivity contribution in [3.8, 4) is 0 Å². The lowest BCUT2D eigenvalue weighted by molar-refractivity contribution is -0.137. The Balaban J connectivity index is 1.60. The van der Waals surface area contributed by atoms with E-state index in [0.29, 0.717) is 24.8 Å². The number of carboxylic acid groups (broad SMARTS) is 1. The van der Waals surface area contributed by atoms with Crippen LogP contribution in [0.2, 0.25) is 0 Å². The van der Waals surface area contributed by atoms with E-state index in [-0.39, 0.29) is 18.2 Å². The normalized spacial score (nSPS) is 32.1. The van der Waals surface area contributed by atoms with Crippen LogP contribution in [0.5, 0.6) is 0 Å². The van der Waals surface area contributed by atoms with Gasteiger partial charge in [0.1, 0.15) is 0 Å². The molecule has 2 saturated carbocycles. The summed E-state index contributed by atoms with van der Waals surface area (Å²) >= 11 is 0. The van der Waals surface area contributed by atoms with E-state index in [2.05, 4.69) is 5.32 Å². The van der Waals surface area contributed by atoms with Gasteiger partial charge in [-0.2, -0.15) is 0 Å². The highest BCUT2D eigenvalue weighted by Crippen LogP contribution is 2.57. The molecule has 0 bridgehead atoms. The van der Waals surface area contributed by atoms with Crippen molar-refractivity contribution in [3.05, 3.63) is 0 Å². The number of carboxylic acids is 1. The lowest BCUT2D eigenvalue weighted by atomic mass is 10.1. The average molecular weight is 211 g/mol. The van der Waals surface area contributed by atoms with Crippen molar-refractivity contribution < 1.29 is 14.7 Å². The molecule has 2 aliphatic rings. The van der Waals surface area contributed by atoms with Crippen molar-refractivity contribution in [1.82, 2.24) is 5.32 Å². The van der Waals surface area contributed by atoms with Crippen molar-refractivity contribution in [2.45, 2.75) is 32.1 Å². The predicted molar refractivity (Wildman–Crippen MR) is 54.2 cm³/mol. The van der Waals surface area contributed by atoms with Gasteiger partial charge < -0.3 is 10.4 Å². The first-order chi connectivity index (χ1) is 7.20. The zero-order valence-corrected chi connectivity index (χ0v) is 8.74. The van der Waals surface area contributed by atoms with E-state index in [0.717, 1.165) is 0 Å². The summed E-state index contributed by atoms with van der Waals surface area (Å²) in [5.74, 6) is 0.889. The van der Waals surface area contributed by atoms with Crippen LogP contribution in [-0.4, -0.2) is 23.5 Å². The Morgan fingerprint density at radius 2 is 1.93 bits per heavy atom. The van der Waals surface area contributed by atoms with Gasteiger partial charge in [-0.15, -0.1) is 0 Å². The molecule has 15 heavy (non-hydrogen) atoms. The van der Waals surface area contributed by atoms with Crippen LogP contribution < -0.4 is 5.32 Å². The molecule has 0 aromatic rings. The third kappa shape index (κ3) is 2.30. The van der Waals surface area contributed by atoms with Gasteiger partial charge in [-0.3, -0.25) is 9.59 Å². The maximum absolute atomic E-state index is 11.6. The molecule has 0 spiro atoms. The highest BCUT2D eigenvalue weighted by atomic mass is 16.4. The number of carbonyl (C=O) groups excluding carboxylic acids is 1. The Kier molecular flexibility index (Phi) is 2.93. The van der Waals surface area contributed by atoms with Gasteiger partial charge in [-0.05, 0) is 31.1 Å². The van der Waals surface area contributed by atoms with Crippen LogP contribution in [0, 0.1) is 17.8 Å². The molecule has 0 aliphatic heterocycles. The second kappa shape index (κ2) is 4.21. The van der Waals surface area contributed by atoms with Gasteiger partial charge in [-0.1, -0.05) is 6.42 Å². The van der Waals surface area contributed by atoms with Crippen molar-refractivity contribution in [2.24, 2.45) is 17.8 Å². The first-order valence-electron chi connectivity index (χ1n) is 5.69. The average Bonchev–Trinajstić information content (AvgIpc) is 2.67. The molecule has 1 amide bonds. The molecule has 84 valence electrons. The van der Waals surface area contributed by atoms with E-state index < -0.39 is 5.97 Å². The largest absolute Gasteiger partial charge is 0.481 e. The molecule has 3 atom stereocenters. The quantitative estimate of drug-likeness (QED) is 0.667. The van der Waals surface area contributed by atoms with E-state index in [4.69, 9.17) is 5.11 Å². The fourth-order valence-electron chi connectivity index (χ4n) is 2.78. The van der Waals surface area contributed by atoms with Crippen LogP contribution in [0.25, 0.3) is 0 Å². The number of rotatable bonds is 5. The molecule has 4 heteroatoms. The number of amides is 1. The van der Waals surface area contributed by atoms with Crippen molar-refractivity contribution in [1.29, 1.82) is 0 Å². The molecule has 4 nitrogen and oxygen atoms in total. The molecule has 2 fully saturated rings. The zero-order chi connectivity index (χ0) is 10.8. The molecular formula is C11H17NO3. The van der Waals surface area contributed by atoms with E-state index >= 15 is 0 Å². The Morgan fingerprint density at radius 3 is 2.53 bits per heavy atom. The number of carbonyl (C=O) groups is 2. The summed E-state index contributed by atoms with van der Waals surface area (Å²) < 4.78 is 0. The van der Waals surface area contributed by atoms with Crippen LogP contribution in [0.1, 0.15) is 32.1 Å². The second-order valence-corrected chi connectivity index (χ2v) is 4.57. The maximum Gasteiger partial charge on any atom is 0.303 e. The summed E-state index contributed by atoms with van der Waals surface area (Å²) in [5, 5.41) is 11.2. The van der Waals surface area contributed by atoms with Gasteiger partial charge in [0, 0.05) is 18.9 Å². The Morgan fingerprint density at radius 1 is 1.27 bits per heavy atom. The molecule has 2 aliphatic carbocycles. The van der Waals surface area contributed by atoms with Crippen LogP contribution in [0.3, 0.4) is 0 Å². The standard InChI is InChI=1S/C11H17NO3/c13-9(14)5-2-6-12-11(15)10-7-3-1-4-8(7)10/h7-8,10H,1-6H2,(H,12,15)(H,13,14)/t7-,8+,10?. The first kappa shape index (κ1) is 10.5. The smallest absolute Gasteiger partial charge is 0.303 e. The fourth-order valence-corrected chi connectivity index (χ4v) is 2.78. The van der Waals surface area contributed by atoms with E-state index in [1.807, 2.05) is 0 Å². The van der Waals surface area contributed by atoms with Crippen molar-refractivity contribution in [3.63, 3.8) is 0 Å². The minimum Gasteiger partial charge on any atom is -0.481 e. The van der Waals surface area contributed by atoms with Gasteiger partial charge in [0.25, 0.3) is 0 Å². The van der Waals surface area contributed by atoms with Gasteiger partial charge in [-0.25, -0.2) is 0 Å². The summed E-state index contributed by atoms with van der Waals surface area (Å²) in [6.45, 7) is 0.501. The Labute approximate surface area is 89.0 Å². The molecule has 2 N–H and O–H groups in total. The predicted octanol–water partition coefficient (Wildman–Crippen LogP) is 1.01. The molecule has 0 aromatic heterocycles. The number of nitrogens with one attached hydrogen (secondary N) is 1. The van der Waals surface area contributed by atoms with E-state index in [1.54, 1.807) is 0 Å². The van der Waals surface area contributed by atoms with E-state index in [9.17, 15) is 9.59 Å². The number of hydrogen-bond acceptors (Lipinski definition) is 2. The van der Waals surface area contributed by atoms with Gasteiger partial charge >= 0.3 is 5.97 Å². The molecular weight excluding hydrogens is 194 g/mol. The molecule has 0 radical (unpaired) electrons. The van der Waals surface area contributed by atoms with Crippen LogP contribution in [-0.2, 0) is 9.59 Å². The summed E-state index contributed by atoms with van der Waals surface area (Å²) in [6, 6.07) is 0. The lowest BCUT2D eigenvalue weighted by Crippen LogP contribution is -2.27. The minimum atomic E-state index is -0.799. The number of fused-ring (bicyclic) bond motifs is 1. The summed E-state index contributed by atoms with van der Waals surface area (Å²) in [4.78, 5) is 21.8. The number of aliphatic carboxylic acids is 1. The zero-order valence-electron chi connectivity index (χ0n) is 8.74. The molecule has 0 aromatic carbocycles. The van der Waals surface area contributed by atoms with Crippen molar-refractivity contribution >= 4 is 11.9 Å². The molecule has 1 unspecified atom stereocenters. The lowest BCUT2D eigenvalue weighted by Gasteiger charge is -2.05. The van der Waals surface area contributed by atoms with Crippen molar-refractivity contribution in [2.75, 3.05) is 6.54 Å². The third-order valence-corrected chi connectivity index (χ3v) is 3.58. The second-order valence-electron chi connectivity index (χ2n) is 4.57. The third-order valence-electron chi connectivity index (χ3n) is 3.58. The molecule has 2 rings (SSSR count). The first-order valence-corrected chi connectivity index (χ1v) is 5.69. The maximum atomic E-state index is 11.6. The topological polar surface area (TPSA) is 66.4 Å². The Hall–Kier alpha value is -1.06. The molecule has 0 saturated heterocycles. The van der Waals surface area contributed by atoms with E-state index in [1.165, 1.54) is 19.3 Å². The van der Waals surface area contributed by atoms with Gasteiger partial charge in [0.05, 0.1) is 0 Å². The summed E-state index contributed by atoms with van der Waals surface area (Å²) in [6.07, 6.45) is 4.36. The number of hydrogen-bond donors (Lipinski definition) is 2. The molecule has 0 heterocycles. The van der Waals surface area contributed by atoms with Crippen LogP contribution in [0.4, 0.5) is 0 Å². The summed E-state index contributed by atoms with van der Waals surface area (Å²) in [7, 11) is 0. The highest BCUT2D eigenvalue weighted by molar-refractivity contribution is 5.82. The monoisotopic (exact) mass is 211 g/mol. The highest BCUT2D eigenvalue weighted by Gasteiger charge is 2.56. The van der Waals surface area contributed by atoms with Crippen LogP contribution >= 0.6 is 0 Å². The minimum absolute atomic E-state index is 0.137. The van der Waals surface area contributed by atoms with Gasteiger partial charge in [0.2, 0.25) is 5.91 Å². The SMILES string of the molecule is O=C(O)CCCNC(=O)C1[C@H]2CCC[C@@H]12.